The molecule has 4 aromatic rings. The number of aromatic nitrogens is 3. The van der Waals surface area contributed by atoms with Crippen molar-refractivity contribution >= 4 is 27.4 Å². The molecule has 2 N–H and O–H groups in total. The summed E-state index contributed by atoms with van der Waals surface area (Å²) in [4.78, 5) is 15.1. The number of nitrogens with two attached hydrogens (primary N) is 1. The van der Waals surface area contributed by atoms with Gasteiger partial charge in [0.15, 0.2) is 5.82 Å². The van der Waals surface area contributed by atoms with Crippen LogP contribution >= 0.6 is 11.3 Å². The number of nitrogen functional groups attached to an aromatic ring is 1. The molecule has 0 saturated heterocycles. The molecule has 0 amide bonds. The lowest BCUT2D eigenvalue weighted by atomic mass is 10.1. The zero-order valence-electron chi connectivity index (χ0n) is 13.5. The van der Waals surface area contributed by atoms with Gasteiger partial charge >= 0.3 is 0 Å². The number of anilines is 1. The van der Waals surface area contributed by atoms with E-state index < -0.39 is 0 Å². The molecule has 0 fully saturated rings. The quantitative estimate of drug-likeness (QED) is 0.530. The minimum atomic E-state index is 0.476. The number of hydrogen-bond acceptors (Lipinski definition) is 5. The normalized spacial score (nSPS) is 10.4. The van der Waals surface area contributed by atoms with E-state index in [-0.39, 0.29) is 0 Å². The molecule has 5 heteroatoms. The van der Waals surface area contributed by atoms with E-state index in [1.807, 2.05) is 49.4 Å². The molecule has 0 unspecified atom stereocenters. The molecule has 0 aliphatic heterocycles. The largest absolute Gasteiger partial charge is 0.383 e. The molecule has 1 aromatic carbocycles. The van der Waals surface area contributed by atoms with Crippen molar-refractivity contribution in [1.82, 2.24) is 15.0 Å². The van der Waals surface area contributed by atoms with Crippen molar-refractivity contribution in [3.8, 4) is 23.2 Å². The summed E-state index contributed by atoms with van der Waals surface area (Å²) in [5, 5.41) is 0.840. The lowest BCUT2D eigenvalue weighted by molar-refractivity contribution is 1.24. The number of fused-ring (bicyclic) bond motifs is 1. The van der Waals surface area contributed by atoms with Crippen LogP contribution in [0, 0.1) is 18.8 Å². The van der Waals surface area contributed by atoms with Crippen molar-refractivity contribution in [2.45, 2.75) is 6.92 Å². The van der Waals surface area contributed by atoms with E-state index in [9.17, 15) is 0 Å². The van der Waals surface area contributed by atoms with Crippen LogP contribution in [0.2, 0.25) is 0 Å². The highest BCUT2D eigenvalue weighted by Gasteiger charge is 2.10. The van der Waals surface area contributed by atoms with E-state index in [4.69, 9.17) is 5.73 Å². The maximum Gasteiger partial charge on any atom is 0.163 e. The summed E-state index contributed by atoms with van der Waals surface area (Å²) in [5.41, 5.74) is 9.00. The summed E-state index contributed by atoms with van der Waals surface area (Å²) in [6.07, 6.45) is 1.73. The van der Waals surface area contributed by atoms with Gasteiger partial charge in [0.05, 0.1) is 10.3 Å². The maximum atomic E-state index is 6.15. The minimum Gasteiger partial charge on any atom is -0.383 e. The van der Waals surface area contributed by atoms with Gasteiger partial charge < -0.3 is 5.73 Å². The molecule has 0 atom stereocenters. The van der Waals surface area contributed by atoms with Crippen molar-refractivity contribution < 1.29 is 0 Å². The van der Waals surface area contributed by atoms with Gasteiger partial charge in [0.25, 0.3) is 0 Å². The first-order chi connectivity index (χ1) is 12.2. The van der Waals surface area contributed by atoms with Gasteiger partial charge in [-0.25, -0.2) is 15.0 Å². The molecule has 4 nitrogen and oxygen atoms in total. The SMILES string of the molecule is Cc1cccc(-c2nc(N)c3cc(C#Cc4ccccn4)sc3n2)c1. The number of benzene rings is 1. The van der Waals surface area contributed by atoms with E-state index in [1.54, 1.807) is 6.20 Å². The fourth-order valence-corrected chi connectivity index (χ4v) is 3.37. The maximum absolute atomic E-state index is 6.15. The van der Waals surface area contributed by atoms with Gasteiger partial charge in [-0.1, -0.05) is 29.8 Å². The molecule has 4 rings (SSSR count). The summed E-state index contributed by atoms with van der Waals surface area (Å²) in [6.45, 7) is 2.04. The number of nitrogens with zero attached hydrogens (tertiary/aromatic N) is 3. The van der Waals surface area contributed by atoms with Gasteiger partial charge in [-0.15, -0.1) is 11.3 Å². The molecule has 0 spiro atoms. The first-order valence-corrected chi connectivity index (χ1v) is 8.58. The molecular weight excluding hydrogens is 328 g/mol. The van der Waals surface area contributed by atoms with Gasteiger partial charge in [0.1, 0.15) is 16.3 Å². The van der Waals surface area contributed by atoms with E-state index in [0.717, 1.165) is 31.9 Å². The van der Waals surface area contributed by atoms with Crippen LogP contribution in [0.25, 0.3) is 21.6 Å². The monoisotopic (exact) mass is 342 g/mol. The van der Waals surface area contributed by atoms with Gasteiger partial charge in [0, 0.05) is 11.8 Å². The Bertz CT molecular complexity index is 1120. The fourth-order valence-electron chi connectivity index (χ4n) is 2.48. The topological polar surface area (TPSA) is 64.7 Å². The second-order valence-electron chi connectivity index (χ2n) is 5.60. The Hall–Kier alpha value is -3.23. The smallest absolute Gasteiger partial charge is 0.163 e. The Balaban J connectivity index is 1.76. The van der Waals surface area contributed by atoms with Crippen molar-refractivity contribution in [3.05, 3.63) is 70.9 Å². The molecule has 0 aliphatic carbocycles. The molecule has 3 heterocycles. The van der Waals surface area contributed by atoms with Crippen LogP contribution in [-0.4, -0.2) is 15.0 Å². The van der Waals surface area contributed by atoms with Gasteiger partial charge in [-0.2, -0.15) is 0 Å². The van der Waals surface area contributed by atoms with Crippen LogP contribution in [0.3, 0.4) is 0 Å². The Labute approximate surface area is 149 Å². The Morgan fingerprint density at radius 1 is 1.00 bits per heavy atom. The Kier molecular flexibility index (Phi) is 3.88. The predicted molar refractivity (Wildman–Crippen MR) is 102 cm³/mol. The zero-order chi connectivity index (χ0) is 17.2. The van der Waals surface area contributed by atoms with E-state index in [0.29, 0.717) is 11.6 Å². The summed E-state index contributed by atoms with van der Waals surface area (Å²) in [7, 11) is 0. The highest BCUT2D eigenvalue weighted by molar-refractivity contribution is 7.19. The number of hydrogen-bond donors (Lipinski definition) is 1. The van der Waals surface area contributed by atoms with E-state index >= 15 is 0 Å². The standard InChI is InChI=1S/C20H14N4S/c1-13-5-4-6-14(11-13)19-23-18(21)17-12-16(25-20(17)24-19)9-8-15-7-2-3-10-22-15/h2-7,10-12H,1H3,(H2,21,23,24). The van der Waals surface area contributed by atoms with Crippen LogP contribution < -0.4 is 5.73 Å². The fraction of sp³-hybridized carbons (Fsp3) is 0.0500. The lowest BCUT2D eigenvalue weighted by Gasteiger charge is -2.03. The van der Waals surface area contributed by atoms with Crippen LogP contribution in [0.5, 0.6) is 0 Å². The molecule has 120 valence electrons. The molecule has 0 bridgehead atoms. The lowest BCUT2D eigenvalue weighted by Crippen LogP contribution is -1.96. The van der Waals surface area contributed by atoms with Gasteiger partial charge in [-0.05, 0) is 43.0 Å². The predicted octanol–water partition coefficient (Wildman–Crippen LogP) is 4.04. The van der Waals surface area contributed by atoms with Crippen molar-refractivity contribution in [2.24, 2.45) is 0 Å². The first kappa shape index (κ1) is 15.3. The summed E-state index contributed by atoms with van der Waals surface area (Å²) in [5.74, 6) is 7.30. The second-order valence-corrected chi connectivity index (χ2v) is 6.63. The summed E-state index contributed by atoms with van der Waals surface area (Å²) >= 11 is 1.51. The van der Waals surface area contributed by atoms with Gasteiger partial charge in [0.2, 0.25) is 0 Å². The van der Waals surface area contributed by atoms with Crippen LogP contribution in [0.15, 0.2) is 54.7 Å². The highest BCUT2D eigenvalue weighted by atomic mass is 32.1. The van der Waals surface area contributed by atoms with Gasteiger partial charge in [-0.3, -0.25) is 0 Å². The average molecular weight is 342 g/mol. The number of aryl methyl sites for hydroxylation is 1. The first-order valence-electron chi connectivity index (χ1n) is 7.76. The third kappa shape index (κ3) is 3.21. The summed E-state index contributed by atoms with van der Waals surface area (Å²) in [6, 6.07) is 15.7. The van der Waals surface area contributed by atoms with Crippen molar-refractivity contribution in [3.63, 3.8) is 0 Å². The van der Waals surface area contributed by atoms with Crippen LogP contribution in [-0.2, 0) is 0 Å². The van der Waals surface area contributed by atoms with Crippen molar-refractivity contribution in [1.29, 1.82) is 0 Å². The molecule has 0 radical (unpaired) electrons. The Morgan fingerprint density at radius 2 is 1.92 bits per heavy atom. The van der Waals surface area contributed by atoms with Crippen LogP contribution in [0.1, 0.15) is 16.1 Å². The van der Waals surface area contributed by atoms with E-state index in [1.165, 1.54) is 11.3 Å². The molecule has 0 saturated carbocycles. The highest BCUT2D eigenvalue weighted by Crippen LogP contribution is 2.29. The number of pyridine rings is 1. The third-order valence-corrected chi connectivity index (χ3v) is 4.62. The summed E-state index contributed by atoms with van der Waals surface area (Å²) < 4.78 is 0. The number of thiophene rings is 1. The third-order valence-electron chi connectivity index (χ3n) is 3.68. The number of rotatable bonds is 1. The van der Waals surface area contributed by atoms with Crippen LogP contribution in [0.4, 0.5) is 5.82 Å². The molecule has 3 aromatic heterocycles. The average Bonchev–Trinajstić information content (AvgIpc) is 3.05. The Morgan fingerprint density at radius 3 is 2.72 bits per heavy atom. The molecular formula is C20H14N4S. The molecule has 25 heavy (non-hydrogen) atoms. The molecule has 0 aliphatic rings. The van der Waals surface area contributed by atoms with Crippen molar-refractivity contribution in [2.75, 3.05) is 5.73 Å². The minimum absolute atomic E-state index is 0.476. The zero-order valence-corrected chi connectivity index (χ0v) is 14.3. The second kappa shape index (κ2) is 6.34. The van der Waals surface area contributed by atoms with E-state index in [2.05, 4.69) is 32.9 Å².